The van der Waals surface area contributed by atoms with E-state index in [0.717, 1.165) is 22.5 Å². The number of esters is 1. The van der Waals surface area contributed by atoms with Crippen LogP contribution in [0.5, 0.6) is 0 Å². The first-order valence-electron chi connectivity index (χ1n) is 9.54. The summed E-state index contributed by atoms with van der Waals surface area (Å²) in [5, 5.41) is 4.29. The van der Waals surface area contributed by atoms with E-state index < -0.39 is 0 Å². The Labute approximate surface area is 163 Å². The van der Waals surface area contributed by atoms with Crippen molar-refractivity contribution < 1.29 is 14.3 Å². The molecule has 8 heteroatoms. The van der Waals surface area contributed by atoms with E-state index in [0.29, 0.717) is 45.5 Å². The van der Waals surface area contributed by atoms with Crippen LogP contribution in [-0.2, 0) is 20.7 Å². The standard InChI is InChI=1S/C19H26N4O3S/c1-3-14-11-15-17(21-12-22-18(15)27-14)20-8-5-16(24)23-9-6-13(7-10-23)19(25)26-4-2/h11-13H,3-10H2,1-2H3,(H,20,21,22). The fraction of sp³-hybridized carbons (Fsp3) is 0.579. The third kappa shape index (κ3) is 4.74. The van der Waals surface area contributed by atoms with E-state index in [1.165, 1.54) is 4.88 Å². The van der Waals surface area contributed by atoms with E-state index >= 15 is 0 Å². The first-order valence-corrected chi connectivity index (χ1v) is 10.4. The molecule has 0 aromatic carbocycles. The zero-order chi connectivity index (χ0) is 19.2. The van der Waals surface area contributed by atoms with Gasteiger partial charge < -0.3 is 15.0 Å². The van der Waals surface area contributed by atoms with Gasteiger partial charge in [-0.3, -0.25) is 9.59 Å². The van der Waals surface area contributed by atoms with Crippen LogP contribution in [0, 0.1) is 5.92 Å². The molecule has 7 nitrogen and oxygen atoms in total. The molecule has 1 aliphatic heterocycles. The Morgan fingerprint density at radius 2 is 2.07 bits per heavy atom. The summed E-state index contributed by atoms with van der Waals surface area (Å²) in [5.74, 6) is 0.675. The predicted octanol–water partition coefficient (Wildman–Crippen LogP) is 2.86. The number of nitrogens with zero attached hydrogens (tertiary/aromatic N) is 3. The Kier molecular flexibility index (Phi) is 6.60. The summed E-state index contributed by atoms with van der Waals surface area (Å²) in [6.07, 6.45) is 4.29. The van der Waals surface area contributed by atoms with Crippen molar-refractivity contribution >= 4 is 39.2 Å². The lowest BCUT2D eigenvalue weighted by atomic mass is 9.97. The molecule has 2 aromatic heterocycles. The van der Waals surface area contributed by atoms with Gasteiger partial charge in [0.2, 0.25) is 5.91 Å². The number of amides is 1. The van der Waals surface area contributed by atoms with Crippen LogP contribution in [-0.4, -0.2) is 53.0 Å². The van der Waals surface area contributed by atoms with E-state index in [-0.39, 0.29) is 17.8 Å². The molecule has 1 N–H and O–H groups in total. The number of thiophene rings is 1. The van der Waals surface area contributed by atoms with E-state index in [4.69, 9.17) is 4.74 Å². The summed E-state index contributed by atoms with van der Waals surface area (Å²) in [7, 11) is 0. The van der Waals surface area contributed by atoms with Crippen LogP contribution < -0.4 is 5.32 Å². The minimum atomic E-state index is -0.138. The molecule has 3 heterocycles. The van der Waals surface area contributed by atoms with E-state index in [1.54, 1.807) is 17.7 Å². The van der Waals surface area contributed by atoms with Crippen molar-refractivity contribution in [3.63, 3.8) is 0 Å². The average molecular weight is 391 g/mol. The summed E-state index contributed by atoms with van der Waals surface area (Å²) >= 11 is 1.68. The summed E-state index contributed by atoms with van der Waals surface area (Å²) < 4.78 is 5.07. The molecule has 1 aliphatic rings. The Bertz CT molecular complexity index is 799. The lowest BCUT2D eigenvalue weighted by Crippen LogP contribution is -2.41. The Morgan fingerprint density at radius 3 is 2.78 bits per heavy atom. The minimum absolute atomic E-state index is 0.0761. The van der Waals surface area contributed by atoms with Crippen LogP contribution in [0.3, 0.4) is 0 Å². The second-order valence-corrected chi connectivity index (χ2v) is 7.71. The number of ether oxygens (including phenoxy) is 1. The van der Waals surface area contributed by atoms with Crippen LogP contribution in [0.4, 0.5) is 5.82 Å². The summed E-state index contributed by atoms with van der Waals surface area (Å²) in [4.78, 5) is 36.9. The maximum atomic E-state index is 12.4. The quantitative estimate of drug-likeness (QED) is 0.732. The molecular weight excluding hydrogens is 364 g/mol. The molecule has 0 unspecified atom stereocenters. The SMILES string of the molecule is CCOC(=O)C1CCN(C(=O)CCNc2ncnc3sc(CC)cc23)CC1. The molecule has 27 heavy (non-hydrogen) atoms. The van der Waals surface area contributed by atoms with Gasteiger partial charge in [0.15, 0.2) is 0 Å². The van der Waals surface area contributed by atoms with E-state index in [1.807, 2.05) is 11.8 Å². The summed E-state index contributed by atoms with van der Waals surface area (Å²) in [6.45, 7) is 6.10. The topological polar surface area (TPSA) is 84.4 Å². The first-order chi connectivity index (χ1) is 13.1. The molecule has 0 bridgehead atoms. The highest BCUT2D eigenvalue weighted by Gasteiger charge is 2.27. The number of aromatic nitrogens is 2. The number of anilines is 1. The molecule has 0 aliphatic carbocycles. The van der Waals surface area contributed by atoms with Crippen LogP contribution in [0.25, 0.3) is 10.2 Å². The molecule has 3 rings (SSSR count). The van der Waals surface area contributed by atoms with Gasteiger partial charge in [0.05, 0.1) is 17.9 Å². The smallest absolute Gasteiger partial charge is 0.309 e. The van der Waals surface area contributed by atoms with Gasteiger partial charge in [-0.25, -0.2) is 9.97 Å². The normalized spacial score (nSPS) is 15.1. The highest BCUT2D eigenvalue weighted by Crippen LogP contribution is 2.28. The molecule has 1 fully saturated rings. The zero-order valence-electron chi connectivity index (χ0n) is 15.9. The van der Waals surface area contributed by atoms with Crippen molar-refractivity contribution in [3.8, 4) is 0 Å². The molecule has 0 radical (unpaired) electrons. The number of carbonyl (C=O) groups excluding carboxylic acids is 2. The second-order valence-electron chi connectivity index (χ2n) is 6.59. The minimum Gasteiger partial charge on any atom is -0.466 e. The number of hydrogen-bond acceptors (Lipinski definition) is 7. The third-order valence-corrected chi connectivity index (χ3v) is 6.02. The summed E-state index contributed by atoms with van der Waals surface area (Å²) in [6, 6.07) is 2.12. The monoisotopic (exact) mass is 390 g/mol. The first kappa shape index (κ1) is 19.5. The lowest BCUT2D eigenvalue weighted by molar-refractivity contribution is -0.151. The Hall–Kier alpha value is -2.22. The number of hydrogen-bond donors (Lipinski definition) is 1. The van der Waals surface area contributed by atoms with Crippen molar-refractivity contribution in [1.29, 1.82) is 0 Å². The molecule has 2 aromatic rings. The molecule has 0 spiro atoms. The van der Waals surface area contributed by atoms with Gasteiger partial charge >= 0.3 is 5.97 Å². The van der Waals surface area contributed by atoms with Crippen LogP contribution in [0.2, 0.25) is 0 Å². The fourth-order valence-corrected chi connectivity index (χ4v) is 4.23. The molecule has 0 saturated carbocycles. The molecule has 146 valence electrons. The van der Waals surface area contributed by atoms with Gasteiger partial charge in [-0.1, -0.05) is 6.92 Å². The van der Waals surface area contributed by atoms with E-state index in [9.17, 15) is 9.59 Å². The number of piperidine rings is 1. The Morgan fingerprint density at radius 1 is 1.30 bits per heavy atom. The largest absolute Gasteiger partial charge is 0.466 e. The molecule has 1 amide bonds. The number of carbonyl (C=O) groups is 2. The van der Waals surface area contributed by atoms with Crippen LogP contribution in [0.15, 0.2) is 12.4 Å². The molecule has 1 saturated heterocycles. The number of nitrogens with one attached hydrogen (secondary N) is 1. The highest BCUT2D eigenvalue weighted by atomic mass is 32.1. The lowest BCUT2D eigenvalue weighted by Gasteiger charge is -2.31. The van der Waals surface area contributed by atoms with Crippen LogP contribution in [0.1, 0.15) is 38.0 Å². The molecular formula is C19H26N4O3S. The average Bonchev–Trinajstić information content (AvgIpc) is 3.12. The second kappa shape index (κ2) is 9.12. The number of fused-ring (bicyclic) bond motifs is 1. The van der Waals surface area contributed by atoms with Crippen molar-refractivity contribution in [3.05, 3.63) is 17.3 Å². The van der Waals surface area contributed by atoms with Crippen molar-refractivity contribution in [2.75, 3.05) is 31.6 Å². The van der Waals surface area contributed by atoms with Gasteiger partial charge in [0.25, 0.3) is 0 Å². The third-order valence-electron chi connectivity index (χ3n) is 4.83. The maximum absolute atomic E-state index is 12.4. The predicted molar refractivity (Wildman–Crippen MR) is 106 cm³/mol. The fourth-order valence-electron chi connectivity index (χ4n) is 3.29. The van der Waals surface area contributed by atoms with Crippen molar-refractivity contribution in [1.82, 2.24) is 14.9 Å². The highest BCUT2D eigenvalue weighted by molar-refractivity contribution is 7.18. The van der Waals surface area contributed by atoms with E-state index in [2.05, 4.69) is 28.3 Å². The van der Waals surface area contributed by atoms with Gasteiger partial charge in [0, 0.05) is 30.9 Å². The van der Waals surface area contributed by atoms with Crippen molar-refractivity contribution in [2.24, 2.45) is 5.92 Å². The maximum Gasteiger partial charge on any atom is 0.309 e. The van der Waals surface area contributed by atoms with Gasteiger partial charge in [-0.15, -0.1) is 11.3 Å². The Balaban J connectivity index is 1.48. The zero-order valence-corrected chi connectivity index (χ0v) is 16.7. The number of rotatable bonds is 7. The van der Waals surface area contributed by atoms with Crippen LogP contribution >= 0.6 is 11.3 Å². The van der Waals surface area contributed by atoms with Gasteiger partial charge in [-0.2, -0.15) is 0 Å². The number of aryl methyl sites for hydroxylation is 1. The summed E-state index contributed by atoms with van der Waals surface area (Å²) in [5.41, 5.74) is 0. The van der Waals surface area contributed by atoms with Crippen molar-refractivity contribution in [2.45, 2.75) is 39.5 Å². The molecule has 0 atom stereocenters. The van der Waals surface area contributed by atoms with Gasteiger partial charge in [0.1, 0.15) is 17.0 Å². The van der Waals surface area contributed by atoms with Gasteiger partial charge in [-0.05, 0) is 32.3 Å². The number of likely N-dealkylation sites (tertiary alicyclic amines) is 1.